The Kier molecular flexibility index (Phi) is 9.21. The van der Waals surface area contributed by atoms with Gasteiger partial charge in [-0.05, 0) is 44.1 Å². The number of ketones is 1. The second-order valence-electron chi connectivity index (χ2n) is 8.64. The first kappa shape index (κ1) is 24.6. The number of carbonyl (C=O) groups excluding carboxylic acids is 2. The molecule has 1 aliphatic rings. The van der Waals surface area contributed by atoms with Crippen LogP contribution in [-0.2, 0) is 20.8 Å². The van der Waals surface area contributed by atoms with Gasteiger partial charge < -0.3 is 15.7 Å². The third kappa shape index (κ3) is 7.19. The molecule has 170 valence electrons. The number of aliphatic carboxylic acids is 1. The first-order chi connectivity index (χ1) is 14.7. The van der Waals surface area contributed by atoms with Gasteiger partial charge in [-0.15, -0.1) is 0 Å². The minimum Gasteiger partial charge on any atom is -0.481 e. The van der Waals surface area contributed by atoms with Crippen LogP contribution in [0.3, 0.4) is 0 Å². The molecular formula is C24H35N3O4. The maximum atomic E-state index is 13.2. The van der Waals surface area contributed by atoms with Crippen LogP contribution in [0.4, 0.5) is 0 Å². The van der Waals surface area contributed by atoms with Crippen molar-refractivity contribution in [2.75, 3.05) is 7.05 Å². The van der Waals surface area contributed by atoms with Gasteiger partial charge in [-0.1, -0.05) is 43.5 Å². The molecule has 0 aromatic heterocycles. The molecular weight excluding hydrogens is 394 g/mol. The summed E-state index contributed by atoms with van der Waals surface area (Å²) in [5.41, 5.74) is 7.08. The number of aryl methyl sites for hydroxylation is 1. The van der Waals surface area contributed by atoms with Gasteiger partial charge in [0.15, 0.2) is 5.78 Å². The fourth-order valence-corrected chi connectivity index (χ4v) is 4.37. The number of nitrogens with one attached hydrogen (secondary N) is 1. The lowest BCUT2D eigenvalue weighted by molar-refractivity contribution is -0.144. The Balaban J connectivity index is 1.97. The average Bonchev–Trinajstić information content (AvgIpc) is 2.77. The zero-order chi connectivity index (χ0) is 23.0. The van der Waals surface area contributed by atoms with E-state index in [-0.39, 0.29) is 35.8 Å². The third-order valence-electron chi connectivity index (χ3n) is 6.52. The monoisotopic (exact) mass is 429 g/mol. The highest BCUT2D eigenvalue weighted by atomic mass is 16.4. The van der Waals surface area contributed by atoms with E-state index in [2.05, 4.69) is 0 Å². The largest absolute Gasteiger partial charge is 0.481 e. The number of nitrogens with zero attached hydrogens (tertiary/aromatic N) is 1. The van der Waals surface area contributed by atoms with E-state index >= 15 is 0 Å². The molecule has 0 radical (unpaired) electrons. The molecule has 1 fully saturated rings. The summed E-state index contributed by atoms with van der Waals surface area (Å²) in [6.45, 7) is 1.74. The van der Waals surface area contributed by atoms with Crippen molar-refractivity contribution in [3.63, 3.8) is 0 Å². The number of amides is 1. The lowest BCUT2D eigenvalue weighted by atomic mass is 9.77. The summed E-state index contributed by atoms with van der Waals surface area (Å²) in [7, 11) is 1.66. The molecule has 0 aliphatic heterocycles. The van der Waals surface area contributed by atoms with Gasteiger partial charge in [-0.3, -0.25) is 19.8 Å². The number of nitrogens with two attached hydrogens (primary N) is 1. The van der Waals surface area contributed by atoms with Gasteiger partial charge in [0, 0.05) is 31.4 Å². The van der Waals surface area contributed by atoms with E-state index < -0.39 is 12.0 Å². The molecule has 31 heavy (non-hydrogen) atoms. The molecule has 1 amide bonds. The van der Waals surface area contributed by atoms with Crippen LogP contribution in [0.15, 0.2) is 24.3 Å². The Morgan fingerprint density at radius 2 is 1.74 bits per heavy atom. The average molecular weight is 430 g/mol. The van der Waals surface area contributed by atoms with Crippen molar-refractivity contribution in [2.45, 2.75) is 70.8 Å². The van der Waals surface area contributed by atoms with Crippen molar-refractivity contribution >= 4 is 23.5 Å². The lowest BCUT2D eigenvalue weighted by Gasteiger charge is -2.34. The molecule has 0 unspecified atom stereocenters. The second kappa shape index (κ2) is 11.6. The number of carboxylic acids is 1. The van der Waals surface area contributed by atoms with Crippen LogP contribution in [0.25, 0.3) is 0 Å². The normalized spacial score (nSPS) is 16.3. The van der Waals surface area contributed by atoms with Crippen molar-refractivity contribution in [3.05, 3.63) is 35.4 Å². The van der Waals surface area contributed by atoms with Crippen LogP contribution in [0.5, 0.6) is 0 Å². The number of hydrogen-bond acceptors (Lipinski definition) is 4. The molecule has 1 saturated carbocycles. The molecule has 0 spiro atoms. The molecule has 7 nitrogen and oxygen atoms in total. The molecule has 7 heteroatoms. The quantitative estimate of drug-likeness (QED) is 0.367. The minimum atomic E-state index is -0.892. The number of amidine groups is 1. The summed E-state index contributed by atoms with van der Waals surface area (Å²) in [5.74, 6) is -1.16. The first-order valence-corrected chi connectivity index (χ1v) is 11.1. The summed E-state index contributed by atoms with van der Waals surface area (Å²) < 4.78 is 0. The van der Waals surface area contributed by atoms with Crippen molar-refractivity contribution in [3.8, 4) is 0 Å². The first-order valence-electron chi connectivity index (χ1n) is 11.1. The number of carbonyl (C=O) groups is 3. The lowest BCUT2D eigenvalue weighted by Crippen LogP contribution is -2.45. The highest BCUT2D eigenvalue weighted by Crippen LogP contribution is 2.34. The second-order valence-corrected chi connectivity index (χ2v) is 8.64. The zero-order valence-corrected chi connectivity index (χ0v) is 18.6. The van der Waals surface area contributed by atoms with E-state index in [0.717, 1.165) is 37.7 Å². The van der Waals surface area contributed by atoms with Crippen molar-refractivity contribution in [2.24, 2.45) is 17.6 Å². The van der Waals surface area contributed by atoms with Crippen LogP contribution in [-0.4, -0.2) is 46.6 Å². The molecule has 0 heterocycles. The van der Waals surface area contributed by atoms with Crippen LogP contribution < -0.4 is 5.73 Å². The van der Waals surface area contributed by atoms with Gasteiger partial charge >= 0.3 is 5.97 Å². The summed E-state index contributed by atoms with van der Waals surface area (Å²) in [4.78, 5) is 38.6. The molecule has 2 atom stereocenters. The van der Waals surface area contributed by atoms with Gasteiger partial charge in [0.05, 0.1) is 6.04 Å². The van der Waals surface area contributed by atoms with E-state index in [4.69, 9.17) is 16.2 Å². The Bertz CT molecular complexity index is 785. The van der Waals surface area contributed by atoms with Gasteiger partial charge in [0.2, 0.25) is 5.91 Å². The molecule has 0 saturated heterocycles. The van der Waals surface area contributed by atoms with Gasteiger partial charge in [-0.2, -0.15) is 0 Å². The SMILES string of the molecule is C[C@@H](C(=O)CCc1ccc(C(=N)N)cc1)N(C)C(=O)[C@H](CCC(=O)O)C1CCCCC1. The molecule has 0 bridgehead atoms. The summed E-state index contributed by atoms with van der Waals surface area (Å²) in [5, 5.41) is 16.5. The van der Waals surface area contributed by atoms with Crippen molar-refractivity contribution in [1.29, 1.82) is 5.41 Å². The van der Waals surface area contributed by atoms with Crippen LogP contribution in [0.1, 0.15) is 69.4 Å². The van der Waals surface area contributed by atoms with Gasteiger partial charge in [-0.25, -0.2) is 0 Å². The Hall–Kier alpha value is -2.70. The fourth-order valence-electron chi connectivity index (χ4n) is 4.37. The summed E-state index contributed by atoms with van der Waals surface area (Å²) in [6, 6.07) is 6.68. The third-order valence-corrected chi connectivity index (χ3v) is 6.52. The number of likely N-dealkylation sites (N-methyl/N-ethyl adjacent to an activating group) is 1. The number of carboxylic acid groups (broad SMARTS) is 1. The highest BCUT2D eigenvalue weighted by Gasteiger charge is 2.34. The maximum Gasteiger partial charge on any atom is 0.303 e. The number of benzene rings is 1. The molecule has 1 aliphatic carbocycles. The fraction of sp³-hybridized carbons (Fsp3) is 0.583. The Morgan fingerprint density at radius 1 is 1.13 bits per heavy atom. The number of nitrogen functional groups attached to an aromatic ring is 1. The predicted octanol–water partition coefficient (Wildman–Crippen LogP) is 3.38. The summed E-state index contributed by atoms with van der Waals surface area (Å²) >= 11 is 0. The summed E-state index contributed by atoms with van der Waals surface area (Å²) in [6.07, 6.45) is 6.35. The van der Waals surface area contributed by atoms with E-state index in [1.807, 2.05) is 12.1 Å². The highest BCUT2D eigenvalue weighted by molar-refractivity contribution is 5.95. The zero-order valence-electron chi connectivity index (χ0n) is 18.6. The minimum absolute atomic E-state index is 0.00630. The molecule has 1 aromatic rings. The predicted molar refractivity (Wildman–Crippen MR) is 120 cm³/mol. The smallest absolute Gasteiger partial charge is 0.303 e. The van der Waals surface area contributed by atoms with Crippen molar-refractivity contribution < 1.29 is 19.5 Å². The Morgan fingerprint density at radius 3 is 2.29 bits per heavy atom. The van der Waals surface area contributed by atoms with Crippen LogP contribution in [0.2, 0.25) is 0 Å². The number of hydrogen-bond donors (Lipinski definition) is 3. The van der Waals surface area contributed by atoms with E-state index in [0.29, 0.717) is 24.8 Å². The van der Waals surface area contributed by atoms with Crippen molar-refractivity contribution in [1.82, 2.24) is 4.90 Å². The van der Waals surface area contributed by atoms with Gasteiger partial charge in [0.25, 0.3) is 0 Å². The van der Waals surface area contributed by atoms with E-state index in [9.17, 15) is 14.4 Å². The standard InChI is InChI=1S/C24H35N3O4/c1-16(21(28)14-10-17-8-11-19(12-9-17)23(25)26)27(2)24(31)20(13-15-22(29)30)18-6-4-3-5-7-18/h8-9,11-12,16,18,20H,3-7,10,13-15H2,1-2H3,(H3,25,26)(H,29,30)/t16-,20+/m0/s1. The van der Waals surface area contributed by atoms with E-state index in [1.165, 1.54) is 4.90 Å². The molecule has 4 N–H and O–H groups in total. The maximum absolute atomic E-state index is 13.2. The molecule has 1 aromatic carbocycles. The van der Waals surface area contributed by atoms with Crippen LogP contribution >= 0.6 is 0 Å². The molecule has 2 rings (SSSR count). The topological polar surface area (TPSA) is 125 Å². The van der Waals surface area contributed by atoms with Crippen LogP contribution in [0, 0.1) is 17.2 Å². The number of Topliss-reactive ketones (excluding diaryl/α,β-unsaturated/α-hetero) is 1. The number of rotatable bonds is 11. The van der Waals surface area contributed by atoms with Gasteiger partial charge in [0.1, 0.15) is 5.84 Å². The van der Waals surface area contributed by atoms with E-state index in [1.54, 1.807) is 26.1 Å². The Labute approximate surface area is 184 Å².